The van der Waals surface area contributed by atoms with Crippen LogP contribution >= 0.6 is 11.6 Å². The van der Waals surface area contributed by atoms with Crippen molar-refractivity contribution in [1.82, 2.24) is 14.3 Å². The van der Waals surface area contributed by atoms with Crippen molar-refractivity contribution in [3.8, 4) is 0 Å². The van der Waals surface area contributed by atoms with Gasteiger partial charge in [-0.25, -0.2) is 8.78 Å². The zero-order valence-corrected chi connectivity index (χ0v) is 15.6. The Morgan fingerprint density at radius 1 is 1.33 bits per heavy atom. The molecule has 0 saturated heterocycles. The topological polar surface area (TPSA) is 60.1 Å². The van der Waals surface area contributed by atoms with Crippen LogP contribution in [0.5, 0.6) is 0 Å². The maximum absolute atomic E-state index is 14.0. The Labute approximate surface area is 158 Å². The molecule has 0 aliphatic heterocycles. The van der Waals surface area contributed by atoms with E-state index in [9.17, 15) is 18.7 Å². The molecule has 0 radical (unpaired) electrons. The molecule has 1 aliphatic carbocycles. The third-order valence-electron chi connectivity index (χ3n) is 5.23. The Morgan fingerprint density at radius 2 is 1.96 bits per heavy atom. The summed E-state index contributed by atoms with van der Waals surface area (Å²) in [5.41, 5.74) is -1.43. The smallest absolute Gasteiger partial charge is 0.279 e. The molecule has 8 heteroatoms. The highest BCUT2D eigenvalue weighted by Gasteiger charge is 2.37. The summed E-state index contributed by atoms with van der Waals surface area (Å²) in [5.74, 6) is -1.91. The molecule has 1 aliphatic rings. The fourth-order valence-corrected chi connectivity index (χ4v) is 3.74. The number of aromatic nitrogens is 3. The lowest BCUT2D eigenvalue weighted by atomic mass is 9.86. The minimum absolute atomic E-state index is 0.0145. The number of hydrogen-bond acceptors (Lipinski definition) is 3. The van der Waals surface area contributed by atoms with E-state index in [2.05, 4.69) is 5.10 Å². The van der Waals surface area contributed by atoms with Crippen molar-refractivity contribution in [2.45, 2.75) is 37.8 Å². The number of pyridine rings is 1. The van der Waals surface area contributed by atoms with E-state index >= 15 is 0 Å². The van der Waals surface area contributed by atoms with E-state index in [-0.39, 0.29) is 29.1 Å². The molecule has 5 nitrogen and oxygen atoms in total. The molecule has 1 atom stereocenters. The van der Waals surface area contributed by atoms with Crippen molar-refractivity contribution in [2.24, 2.45) is 7.05 Å². The average molecular weight is 394 g/mol. The molecule has 0 unspecified atom stereocenters. The van der Waals surface area contributed by atoms with E-state index in [0.29, 0.717) is 11.1 Å². The number of halogens is 3. The number of aryl methyl sites for hydroxylation is 1. The lowest BCUT2D eigenvalue weighted by Crippen LogP contribution is -2.30. The highest BCUT2D eigenvalue weighted by Crippen LogP contribution is 2.39. The van der Waals surface area contributed by atoms with Crippen LogP contribution in [0.25, 0.3) is 10.9 Å². The molecule has 2 aromatic heterocycles. The first-order valence-corrected chi connectivity index (χ1v) is 9.11. The fourth-order valence-electron chi connectivity index (χ4n) is 3.63. The largest absolute Gasteiger partial charge is 0.379 e. The Kier molecular flexibility index (Phi) is 4.12. The van der Waals surface area contributed by atoms with Gasteiger partial charge in [-0.1, -0.05) is 18.5 Å². The van der Waals surface area contributed by atoms with E-state index in [1.807, 2.05) is 0 Å². The number of hydrogen-bond donors (Lipinski definition) is 1. The summed E-state index contributed by atoms with van der Waals surface area (Å²) in [4.78, 5) is 12.7. The Morgan fingerprint density at radius 3 is 2.52 bits per heavy atom. The zero-order valence-electron chi connectivity index (χ0n) is 14.8. The molecule has 1 N–H and O–H groups in total. The summed E-state index contributed by atoms with van der Waals surface area (Å²) >= 11 is 5.57. The van der Waals surface area contributed by atoms with Crippen LogP contribution in [0.2, 0.25) is 5.02 Å². The van der Waals surface area contributed by atoms with Crippen LogP contribution in [0, 0.1) is 11.6 Å². The molecule has 27 heavy (non-hydrogen) atoms. The van der Waals surface area contributed by atoms with Gasteiger partial charge in [0.25, 0.3) is 5.56 Å². The van der Waals surface area contributed by atoms with Crippen LogP contribution in [0.1, 0.15) is 43.5 Å². The highest BCUT2D eigenvalue weighted by atomic mass is 35.5. The fraction of sp³-hybridized carbons (Fsp3) is 0.368. The van der Waals surface area contributed by atoms with Crippen molar-refractivity contribution in [3.63, 3.8) is 0 Å². The first-order valence-electron chi connectivity index (χ1n) is 8.73. The number of aliphatic hydroxyl groups is 1. The first kappa shape index (κ1) is 18.1. The average Bonchev–Trinajstić information content (AvgIpc) is 3.41. The third kappa shape index (κ3) is 2.68. The van der Waals surface area contributed by atoms with Gasteiger partial charge < -0.3 is 9.67 Å². The molecule has 4 rings (SSSR count). The van der Waals surface area contributed by atoms with E-state index in [0.717, 1.165) is 25.0 Å². The van der Waals surface area contributed by atoms with Crippen molar-refractivity contribution in [2.75, 3.05) is 0 Å². The molecular weight excluding hydrogens is 376 g/mol. The van der Waals surface area contributed by atoms with Crippen molar-refractivity contribution in [3.05, 3.63) is 62.7 Å². The van der Waals surface area contributed by atoms with Gasteiger partial charge in [0.1, 0.15) is 22.3 Å². The summed E-state index contributed by atoms with van der Waals surface area (Å²) in [6.07, 6.45) is 3.71. The van der Waals surface area contributed by atoms with Gasteiger partial charge in [-0.05, 0) is 43.0 Å². The Bertz CT molecular complexity index is 1100. The molecule has 2 heterocycles. The van der Waals surface area contributed by atoms with Crippen LogP contribution < -0.4 is 5.56 Å². The summed E-state index contributed by atoms with van der Waals surface area (Å²) in [6.45, 7) is 1.69. The molecule has 3 aromatic rings. The number of rotatable bonds is 4. The minimum atomic E-state index is -1.74. The van der Waals surface area contributed by atoms with Gasteiger partial charge >= 0.3 is 0 Å². The van der Waals surface area contributed by atoms with Crippen molar-refractivity contribution >= 4 is 22.5 Å². The first-order chi connectivity index (χ1) is 12.8. The van der Waals surface area contributed by atoms with Crippen molar-refractivity contribution in [1.29, 1.82) is 0 Å². The van der Waals surface area contributed by atoms with Gasteiger partial charge in [-0.15, -0.1) is 0 Å². The van der Waals surface area contributed by atoms with Gasteiger partial charge in [0.2, 0.25) is 0 Å². The van der Waals surface area contributed by atoms with Gasteiger partial charge in [0.05, 0.1) is 5.69 Å². The second-order valence-corrected chi connectivity index (χ2v) is 7.34. The summed E-state index contributed by atoms with van der Waals surface area (Å²) in [5, 5.41) is 15.5. The van der Waals surface area contributed by atoms with Gasteiger partial charge in [0, 0.05) is 24.7 Å². The molecule has 0 spiro atoms. The summed E-state index contributed by atoms with van der Waals surface area (Å²) < 4.78 is 31.1. The number of fused-ring (bicyclic) bond motifs is 1. The zero-order chi connectivity index (χ0) is 19.5. The standard InChI is InChI=1S/C19H18ClF2N3O2/c1-3-19(27,10-8-13(21)15(20)14(22)9-10)17-12-6-7-25(11-4-5-11)18(26)16(12)23-24(17)2/h6-9,11,27H,3-5H2,1-2H3/t19-/m1/s1. The number of benzene rings is 1. The second-order valence-electron chi connectivity index (χ2n) is 6.96. The van der Waals surface area contributed by atoms with Crippen molar-refractivity contribution < 1.29 is 13.9 Å². The molecule has 142 valence electrons. The normalized spacial score (nSPS) is 16.7. The van der Waals surface area contributed by atoms with Crippen LogP contribution in [0.3, 0.4) is 0 Å². The van der Waals surface area contributed by atoms with E-state index in [1.54, 1.807) is 30.8 Å². The SMILES string of the molecule is CC[C@@](O)(c1cc(F)c(Cl)c(F)c1)c1c2ccn(C3CC3)c(=O)c2nn1C. The predicted molar refractivity (Wildman–Crippen MR) is 97.9 cm³/mol. The van der Waals surface area contributed by atoms with Crippen LogP contribution in [0.4, 0.5) is 8.78 Å². The minimum Gasteiger partial charge on any atom is -0.379 e. The summed E-state index contributed by atoms with van der Waals surface area (Å²) in [6, 6.07) is 3.94. The predicted octanol–water partition coefficient (Wildman–Crippen LogP) is 3.65. The van der Waals surface area contributed by atoms with Gasteiger partial charge in [-0.2, -0.15) is 5.10 Å². The second kappa shape index (κ2) is 6.14. The van der Waals surface area contributed by atoms with Gasteiger partial charge in [0.15, 0.2) is 5.52 Å². The monoisotopic (exact) mass is 393 g/mol. The highest BCUT2D eigenvalue weighted by molar-refractivity contribution is 6.30. The Hall–Kier alpha value is -2.25. The molecule has 1 aromatic carbocycles. The molecular formula is C19H18ClF2N3O2. The quantitative estimate of drug-likeness (QED) is 0.688. The Balaban J connectivity index is 1.97. The molecule has 0 amide bonds. The maximum Gasteiger partial charge on any atom is 0.279 e. The van der Waals surface area contributed by atoms with Crippen LogP contribution in [0.15, 0.2) is 29.2 Å². The maximum atomic E-state index is 14.0. The van der Waals surface area contributed by atoms with E-state index < -0.39 is 22.3 Å². The van der Waals surface area contributed by atoms with E-state index in [1.165, 1.54) is 4.68 Å². The molecule has 1 saturated carbocycles. The van der Waals surface area contributed by atoms with Crippen LogP contribution in [-0.2, 0) is 12.6 Å². The lowest BCUT2D eigenvalue weighted by molar-refractivity contribution is 0.0685. The van der Waals surface area contributed by atoms with Gasteiger partial charge in [-0.3, -0.25) is 9.48 Å². The summed E-state index contributed by atoms with van der Waals surface area (Å²) in [7, 11) is 1.60. The van der Waals surface area contributed by atoms with Crippen LogP contribution in [-0.4, -0.2) is 19.5 Å². The van der Waals surface area contributed by atoms with E-state index in [4.69, 9.17) is 11.6 Å². The molecule has 1 fully saturated rings. The molecule has 0 bridgehead atoms. The third-order valence-corrected chi connectivity index (χ3v) is 5.59. The number of nitrogens with zero attached hydrogens (tertiary/aromatic N) is 3. The lowest BCUT2D eigenvalue weighted by Gasteiger charge is -2.28.